The topological polar surface area (TPSA) is 61.0 Å². The van der Waals surface area contributed by atoms with Crippen LogP contribution in [0.15, 0.2) is 77.4 Å². The summed E-state index contributed by atoms with van der Waals surface area (Å²) in [6, 6.07) is 21.0. The van der Waals surface area contributed by atoms with Gasteiger partial charge in [-0.3, -0.25) is 4.98 Å². The van der Waals surface area contributed by atoms with Gasteiger partial charge in [0.15, 0.2) is 0 Å². The van der Waals surface area contributed by atoms with Gasteiger partial charge in [0.1, 0.15) is 17.2 Å². The monoisotopic (exact) mass is 329 g/mol. The molecule has 0 amide bonds. The summed E-state index contributed by atoms with van der Waals surface area (Å²) >= 11 is 0. The van der Waals surface area contributed by atoms with Gasteiger partial charge in [0.2, 0.25) is 5.82 Å². The molecular weight excluding hydrogens is 314 g/mol. The third-order valence-corrected chi connectivity index (χ3v) is 3.68. The van der Waals surface area contributed by atoms with Crippen molar-refractivity contribution in [1.82, 2.24) is 15.1 Å². The normalized spacial score (nSPS) is 10.6. The van der Waals surface area contributed by atoms with E-state index >= 15 is 0 Å². The Morgan fingerprint density at radius 2 is 1.56 bits per heavy atom. The van der Waals surface area contributed by atoms with E-state index in [1.807, 2.05) is 73.7 Å². The van der Waals surface area contributed by atoms with E-state index in [-0.39, 0.29) is 0 Å². The van der Waals surface area contributed by atoms with E-state index in [0.29, 0.717) is 17.4 Å². The molecule has 0 atom stereocenters. The minimum Gasteiger partial charge on any atom is -0.457 e. The summed E-state index contributed by atoms with van der Waals surface area (Å²) in [4.78, 5) is 8.60. The molecule has 0 aliphatic carbocycles. The summed E-state index contributed by atoms with van der Waals surface area (Å²) in [5.74, 6) is 2.47. The Morgan fingerprint density at radius 3 is 2.24 bits per heavy atom. The third kappa shape index (κ3) is 3.40. The van der Waals surface area contributed by atoms with Crippen LogP contribution in [0, 0.1) is 6.92 Å². The van der Waals surface area contributed by atoms with Crippen molar-refractivity contribution in [2.24, 2.45) is 0 Å². The second-order valence-electron chi connectivity index (χ2n) is 5.58. The Hall–Kier alpha value is -3.47. The van der Waals surface area contributed by atoms with Gasteiger partial charge in [-0.05, 0) is 55.5 Å². The van der Waals surface area contributed by atoms with Crippen molar-refractivity contribution in [2.75, 3.05) is 0 Å². The second kappa shape index (κ2) is 6.57. The van der Waals surface area contributed by atoms with Crippen molar-refractivity contribution >= 4 is 0 Å². The number of benzene rings is 2. The van der Waals surface area contributed by atoms with Gasteiger partial charge in [0.25, 0.3) is 5.89 Å². The van der Waals surface area contributed by atoms with Crippen molar-refractivity contribution < 1.29 is 9.26 Å². The number of hydrogen-bond donors (Lipinski definition) is 0. The highest BCUT2D eigenvalue weighted by Gasteiger charge is 2.11. The molecule has 0 saturated carbocycles. The first-order chi connectivity index (χ1) is 12.3. The van der Waals surface area contributed by atoms with E-state index in [1.165, 1.54) is 5.56 Å². The van der Waals surface area contributed by atoms with Gasteiger partial charge in [0.05, 0.1) is 0 Å². The van der Waals surface area contributed by atoms with Gasteiger partial charge in [0, 0.05) is 11.8 Å². The Bertz CT molecular complexity index is 962. The van der Waals surface area contributed by atoms with E-state index in [9.17, 15) is 0 Å². The zero-order chi connectivity index (χ0) is 17.1. The van der Waals surface area contributed by atoms with Gasteiger partial charge in [-0.25, -0.2) is 0 Å². The van der Waals surface area contributed by atoms with Crippen LogP contribution in [0.25, 0.3) is 23.0 Å². The number of ether oxygens (including phenoxy) is 1. The van der Waals surface area contributed by atoms with Crippen LogP contribution >= 0.6 is 0 Å². The first-order valence-corrected chi connectivity index (χ1v) is 7.88. The molecule has 5 heteroatoms. The molecule has 25 heavy (non-hydrogen) atoms. The van der Waals surface area contributed by atoms with Gasteiger partial charge in [-0.2, -0.15) is 4.98 Å². The van der Waals surface area contributed by atoms with Crippen molar-refractivity contribution in [1.29, 1.82) is 0 Å². The number of nitrogens with zero attached hydrogens (tertiary/aromatic N) is 3. The molecule has 0 bridgehead atoms. The summed E-state index contributed by atoms with van der Waals surface area (Å²) < 4.78 is 11.1. The average Bonchev–Trinajstić information content (AvgIpc) is 3.15. The second-order valence-corrected chi connectivity index (χ2v) is 5.58. The largest absolute Gasteiger partial charge is 0.457 e. The standard InChI is InChI=1S/C20H15N3O2/c1-14-5-9-16(10-6-14)24-17-11-7-15(8-12-17)19-22-20(25-23-19)18-4-2-3-13-21-18/h2-13H,1H3. The smallest absolute Gasteiger partial charge is 0.276 e. The van der Waals surface area contributed by atoms with Crippen LogP contribution in [-0.4, -0.2) is 15.1 Å². The summed E-state index contributed by atoms with van der Waals surface area (Å²) in [7, 11) is 0. The van der Waals surface area contributed by atoms with Crippen LogP contribution in [0.3, 0.4) is 0 Å². The number of aromatic nitrogens is 3. The van der Waals surface area contributed by atoms with Crippen molar-refractivity contribution in [3.8, 4) is 34.5 Å². The molecule has 122 valence electrons. The van der Waals surface area contributed by atoms with Crippen molar-refractivity contribution in [2.45, 2.75) is 6.92 Å². The molecular formula is C20H15N3O2. The van der Waals surface area contributed by atoms with E-state index in [1.54, 1.807) is 6.20 Å². The summed E-state index contributed by atoms with van der Waals surface area (Å²) in [6.45, 7) is 2.04. The van der Waals surface area contributed by atoms with E-state index in [4.69, 9.17) is 9.26 Å². The van der Waals surface area contributed by atoms with E-state index in [2.05, 4.69) is 15.1 Å². The van der Waals surface area contributed by atoms with Crippen LogP contribution in [-0.2, 0) is 0 Å². The summed E-state index contributed by atoms with van der Waals surface area (Å²) in [5, 5.41) is 4.02. The average molecular weight is 329 g/mol. The number of rotatable bonds is 4. The molecule has 5 nitrogen and oxygen atoms in total. The molecule has 0 aliphatic heterocycles. The van der Waals surface area contributed by atoms with E-state index < -0.39 is 0 Å². The Kier molecular flexibility index (Phi) is 3.96. The minimum atomic E-state index is 0.399. The van der Waals surface area contributed by atoms with Gasteiger partial charge in [-0.15, -0.1) is 0 Å². The number of aryl methyl sites for hydroxylation is 1. The quantitative estimate of drug-likeness (QED) is 0.533. The van der Waals surface area contributed by atoms with Gasteiger partial charge in [-0.1, -0.05) is 28.9 Å². The summed E-state index contributed by atoms with van der Waals surface area (Å²) in [6.07, 6.45) is 1.69. The van der Waals surface area contributed by atoms with E-state index in [0.717, 1.165) is 17.1 Å². The summed E-state index contributed by atoms with van der Waals surface area (Å²) in [5.41, 5.74) is 2.70. The first kappa shape index (κ1) is 15.1. The molecule has 0 saturated heterocycles. The fourth-order valence-corrected chi connectivity index (χ4v) is 2.35. The number of hydrogen-bond acceptors (Lipinski definition) is 5. The van der Waals surface area contributed by atoms with Crippen LogP contribution in [0.5, 0.6) is 11.5 Å². The lowest BCUT2D eigenvalue weighted by molar-refractivity contribution is 0.431. The SMILES string of the molecule is Cc1ccc(Oc2ccc(-c3noc(-c4ccccn4)n3)cc2)cc1. The molecule has 0 fully saturated rings. The van der Waals surface area contributed by atoms with Crippen LogP contribution in [0.1, 0.15) is 5.56 Å². The molecule has 4 rings (SSSR count). The predicted molar refractivity (Wildman–Crippen MR) is 94.2 cm³/mol. The maximum atomic E-state index is 5.82. The predicted octanol–water partition coefficient (Wildman–Crippen LogP) is 4.90. The molecule has 0 N–H and O–H groups in total. The molecule has 0 radical (unpaired) electrons. The van der Waals surface area contributed by atoms with Crippen molar-refractivity contribution in [3.63, 3.8) is 0 Å². The number of pyridine rings is 1. The molecule has 4 aromatic rings. The Balaban J connectivity index is 1.52. The first-order valence-electron chi connectivity index (χ1n) is 7.88. The molecule has 0 spiro atoms. The lowest BCUT2D eigenvalue weighted by atomic mass is 10.2. The highest BCUT2D eigenvalue weighted by atomic mass is 16.5. The lowest BCUT2D eigenvalue weighted by Crippen LogP contribution is -1.86. The Labute approximate surface area is 144 Å². The highest BCUT2D eigenvalue weighted by Crippen LogP contribution is 2.26. The Morgan fingerprint density at radius 1 is 0.840 bits per heavy atom. The van der Waals surface area contributed by atoms with Crippen LogP contribution in [0.2, 0.25) is 0 Å². The molecule has 2 aromatic heterocycles. The van der Waals surface area contributed by atoms with Crippen molar-refractivity contribution in [3.05, 3.63) is 78.5 Å². The maximum absolute atomic E-state index is 5.82. The fourth-order valence-electron chi connectivity index (χ4n) is 2.35. The zero-order valence-corrected chi connectivity index (χ0v) is 13.6. The highest BCUT2D eigenvalue weighted by molar-refractivity contribution is 5.58. The third-order valence-electron chi connectivity index (χ3n) is 3.68. The molecule has 2 aromatic carbocycles. The van der Waals surface area contributed by atoms with Crippen LogP contribution < -0.4 is 4.74 Å². The van der Waals surface area contributed by atoms with Gasteiger partial charge >= 0.3 is 0 Å². The molecule has 0 unspecified atom stereocenters. The molecule has 0 aliphatic rings. The van der Waals surface area contributed by atoms with Gasteiger partial charge < -0.3 is 9.26 Å². The maximum Gasteiger partial charge on any atom is 0.276 e. The van der Waals surface area contributed by atoms with Crippen LogP contribution in [0.4, 0.5) is 0 Å². The minimum absolute atomic E-state index is 0.399. The lowest BCUT2D eigenvalue weighted by Gasteiger charge is -2.06. The zero-order valence-electron chi connectivity index (χ0n) is 13.6. The fraction of sp³-hybridized carbons (Fsp3) is 0.0500. The molecule has 2 heterocycles.